The predicted molar refractivity (Wildman–Crippen MR) is 122 cm³/mol. The molecule has 0 radical (unpaired) electrons. The zero-order valence-corrected chi connectivity index (χ0v) is 18.8. The van der Waals surface area contributed by atoms with E-state index in [0.29, 0.717) is 47.6 Å². The first kappa shape index (κ1) is 22.8. The van der Waals surface area contributed by atoms with Gasteiger partial charge in [0, 0.05) is 24.4 Å². The molecular weight excluding hydrogens is 453 g/mol. The molecule has 1 fully saturated rings. The number of likely N-dealkylation sites (tertiary alicyclic amines) is 1. The number of hydrogen-bond donors (Lipinski definition) is 2. The number of piperidine rings is 1. The average molecular weight is 476 g/mol. The van der Waals surface area contributed by atoms with Gasteiger partial charge in [-0.3, -0.25) is 4.90 Å². The van der Waals surface area contributed by atoms with Crippen LogP contribution in [-0.4, -0.2) is 54.0 Å². The van der Waals surface area contributed by atoms with Crippen LogP contribution >= 0.6 is 11.6 Å². The van der Waals surface area contributed by atoms with E-state index in [1.165, 1.54) is 19.5 Å². The predicted octanol–water partition coefficient (Wildman–Crippen LogP) is 4.07. The van der Waals surface area contributed by atoms with Gasteiger partial charge in [-0.1, -0.05) is 17.7 Å². The van der Waals surface area contributed by atoms with Crippen LogP contribution in [0.3, 0.4) is 0 Å². The van der Waals surface area contributed by atoms with Crippen molar-refractivity contribution in [2.24, 2.45) is 5.73 Å². The van der Waals surface area contributed by atoms with E-state index in [2.05, 4.69) is 15.3 Å². The van der Waals surface area contributed by atoms with E-state index < -0.39 is 18.1 Å². The molecule has 1 amide bonds. The van der Waals surface area contributed by atoms with Crippen LogP contribution in [0.2, 0.25) is 5.02 Å². The van der Waals surface area contributed by atoms with Gasteiger partial charge in [0.1, 0.15) is 18.2 Å². The van der Waals surface area contributed by atoms with Crippen molar-refractivity contribution in [1.82, 2.24) is 14.9 Å². The Morgan fingerprint density at radius 2 is 2.12 bits per heavy atom. The summed E-state index contributed by atoms with van der Waals surface area (Å²) in [5.41, 5.74) is 5.95. The molecule has 4 rings (SSSR count). The van der Waals surface area contributed by atoms with Crippen LogP contribution < -0.4 is 20.5 Å². The van der Waals surface area contributed by atoms with E-state index in [9.17, 15) is 9.18 Å². The van der Waals surface area contributed by atoms with Gasteiger partial charge in [0.05, 0.1) is 23.3 Å². The van der Waals surface area contributed by atoms with Crippen LogP contribution in [0.25, 0.3) is 10.9 Å². The molecule has 0 spiro atoms. The van der Waals surface area contributed by atoms with Crippen LogP contribution in [0, 0.1) is 5.82 Å². The molecule has 0 bridgehead atoms. The van der Waals surface area contributed by atoms with Crippen LogP contribution in [0.15, 0.2) is 36.7 Å². The summed E-state index contributed by atoms with van der Waals surface area (Å²) >= 11 is 5.90. The van der Waals surface area contributed by atoms with Crippen LogP contribution in [0.5, 0.6) is 11.5 Å². The third kappa shape index (κ3) is 5.01. The number of halogens is 2. The molecule has 2 aromatic carbocycles. The molecule has 0 saturated carbocycles. The summed E-state index contributed by atoms with van der Waals surface area (Å²) in [6.07, 6.45) is 0.945. The summed E-state index contributed by atoms with van der Waals surface area (Å²) < 4.78 is 31.3. The van der Waals surface area contributed by atoms with E-state index in [0.717, 1.165) is 0 Å². The number of carbonyl (C=O) groups is 1. The number of ether oxygens (including phenoxy) is 3. The minimum Gasteiger partial charge on any atom is -0.493 e. The summed E-state index contributed by atoms with van der Waals surface area (Å²) in [4.78, 5) is 21.7. The molecule has 0 aliphatic carbocycles. The number of aromatic nitrogens is 2. The molecule has 3 N–H and O–H groups in total. The molecule has 1 saturated heterocycles. The standard InChI is InChI=1S/C22H23ClFN5O4/c1-29-7-6-12(8-19(29)33-22(25)30)32-18-9-13-16(10-17(18)31-2)26-11-27-21(13)28-15-5-3-4-14(23)20(15)24/h3-5,9-12,19H,6-8H2,1-2H3,(H2,25,30)(H,26,27,28)/t12-,19-/m1/s1. The number of carbonyl (C=O) groups excluding carboxylic acids is 1. The Kier molecular flexibility index (Phi) is 6.66. The highest BCUT2D eigenvalue weighted by Gasteiger charge is 2.30. The zero-order chi connectivity index (χ0) is 23.5. The number of rotatable bonds is 6. The zero-order valence-electron chi connectivity index (χ0n) is 18.0. The fraction of sp³-hybridized carbons (Fsp3) is 0.318. The monoisotopic (exact) mass is 475 g/mol. The number of anilines is 2. The van der Waals surface area contributed by atoms with Crippen LogP contribution in [0.4, 0.5) is 20.7 Å². The van der Waals surface area contributed by atoms with E-state index >= 15 is 0 Å². The number of methoxy groups -OCH3 is 1. The van der Waals surface area contributed by atoms with E-state index in [1.54, 1.807) is 24.3 Å². The van der Waals surface area contributed by atoms with E-state index in [1.807, 2.05) is 11.9 Å². The number of nitrogens with two attached hydrogens (primary N) is 1. The number of benzene rings is 2. The van der Waals surface area contributed by atoms with Crippen molar-refractivity contribution >= 4 is 40.1 Å². The molecule has 2 heterocycles. The maximum Gasteiger partial charge on any atom is 0.406 e. The third-order valence-corrected chi connectivity index (χ3v) is 5.72. The first-order chi connectivity index (χ1) is 15.9. The molecule has 2 atom stereocenters. The maximum absolute atomic E-state index is 14.4. The lowest BCUT2D eigenvalue weighted by Gasteiger charge is -2.36. The Bertz CT molecular complexity index is 1180. The van der Waals surface area contributed by atoms with Crippen molar-refractivity contribution in [1.29, 1.82) is 0 Å². The highest BCUT2D eigenvalue weighted by molar-refractivity contribution is 6.31. The molecule has 1 aromatic heterocycles. The minimum atomic E-state index is -0.836. The summed E-state index contributed by atoms with van der Waals surface area (Å²) in [7, 11) is 3.38. The second kappa shape index (κ2) is 9.63. The van der Waals surface area contributed by atoms with Gasteiger partial charge in [-0.15, -0.1) is 0 Å². The number of amides is 1. The van der Waals surface area contributed by atoms with E-state index in [-0.39, 0.29) is 16.8 Å². The summed E-state index contributed by atoms with van der Waals surface area (Å²) in [6.45, 7) is 0.655. The molecule has 3 aromatic rings. The molecule has 33 heavy (non-hydrogen) atoms. The summed E-state index contributed by atoms with van der Waals surface area (Å²) in [5, 5.41) is 3.58. The van der Waals surface area contributed by atoms with Crippen LogP contribution in [0.1, 0.15) is 12.8 Å². The lowest BCUT2D eigenvalue weighted by Crippen LogP contribution is -2.46. The van der Waals surface area contributed by atoms with Crippen molar-refractivity contribution in [2.45, 2.75) is 25.2 Å². The molecular formula is C22H23ClFN5O4. The lowest BCUT2D eigenvalue weighted by atomic mass is 10.1. The largest absolute Gasteiger partial charge is 0.493 e. The Hall–Kier alpha value is -3.37. The summed E-state index contributed by atoms with van der Waals surface area (Å²) in [5.74, 6) is 0.740. The third-order valence-electron chi connectivity index (χ3n) is 5.43. The SMILES string of the molecule is COc1cc2ncnc(Nc3cccc(Cl)c3F)c2cc1O[C@@H]1CCN(C)[C@H](OC(N)=O)C1. The molecule has 174 valence electrons. The number of nitrogens with zero attached hydrogens (tertiary/aromatic N) is 3. The Balaban J connectivity index is 1.65. The number of nitrogens with one attached hydrogen (secondary N) is 1. The quantitative estimate of drug-likeness (QED) is 0.548. The Morgan fingerprint density at radius 3 is 2.88 bits per heavy atom. The van der Waals surface area contributed by atoms with E-state index in [4.69, 9.17) is 31.5 Å². The second-order valence-corrected chi connectivity index (χ2v) is 8.01. The van der Waals surface area contributed by atoms with Crippen LogP contribution in [-0.2, 0) is 4.74 Å². The smallest absolute Gasteiger partial charge is 0.406 e. The lowest BCUT2D eigenvalue weighted by molar-refractivity contribution is -0.0529. The first-order valence-corrected chi connectivity index (χ1v) is 10.6. The molecule has 1 aliphatic heterocycles. The molecule has 1 aliphatic rings. The van der Waals surface area contributed by atoms with Gasteiger partial charge in [0.25, 0.3) is 0 Å². The van der Waals surface area contributed by atoms with Gasteiger partial charge in [-0.25, -0.2) is 19.2 Å². The summed E-state index contributed by atoms with van der Waals surface area (Å²) in [6, 6.07) is 8.13. The highest BCUT2D eigenvalue weighted by atomic mass is 35.5. The van der Waals surface area contributed by atoms with Crippen molar-refractivity contribution < 1.29 is 23.4 Å². The first-order valence-electron chi connectivity index (χ1n) is 10.2. The van der Waals surface area contributed by atoms with Gasteiger partial charge >= 0.3 is 6.09 Å². The molecule has 0 unspecified atom stereocenters. The van der Waals surface area contributed by atoms with Crippen molar-refractivity contribution in [3.8, 4) is 11.5 Å². The number of fused-ring (bicyclic) bond motifs is 1. The average Bonchev–Trinajstić information content (AvgIpc) is 2.78. The molecule has 11 heteroatoms. The number of hydrogen-bond acceptors (Lipinski definition) is 8. The van der Waals surface area contributed by atoms with Crippen molar-refractivity contribution in [3.63, 3.8) is 0 Å². The van der Waals surface area contributed by atoms with Gasteiger partial charge in [0.15, 0.2) is 23.5 Å². The molecule has 9 nitrogen and oxygen atoms in total. The topological polar surface area (TPSA) is 112 Å². The number of primary amides is 1. The fourth-order valence-electron chi connectivity index (χ4n) is 3.72. The van der Waals surface area contributed by atoms with Gasteiger partial charge in [-0.05, 0) is 31.7 Å². The van der Waals surface area contributed by atoms with Crippen molar-refractivity contribution in [3.05, 3.63) is 47.5 Å². The minimum absolute atomic E-state index is 0.000876. The van der Waals surface area contributed by atoms with Gasteiger partial charge < -0.3 is 25.3 Å². The van der Waals surface area contributed by atoms with Gasteiger partial charge in [0.2, 0.25) is 0 Å². The normalized spacial score (nSPS) is 18.7. The van der Waals surface area contributed by atoms with Gasteiger partial charge in [-0.2, -0.15) is 0 Å². The fourth-order valence-corrected chi connectivity index (χ4v) is 3.89. The Morgan fingerprint density at radius 1 is 1.30 bits per heavy atom. The second-order valence-electron chi connectivity index (χ2n) is 7.61. The highest BCUT2D eigenvalue weighted by Crippen LogP contribution is 2.37. The van der Waals surface area contributed by atoms with Crippen molar-refractivity contribution in [2.75, 3.05) is 26.0 Å². The maximum atomic E-state index is 14.4. The Labute approximate surface area is 194 Å².